The standard InChI is InChI=1S/C26H28N4O5S3/c1-35-26(32)29-21(15-17-6-3-2-4-7-17)24(31)27-20(14-18-9-11-19(12-10-18)30-38(33)34)22-16-37-25(28-22)23-8-5-13-36-23/h2-13,16,20-21,25,28,38H,14-15H2,1H3,(H,27,31)(H,29,32)(H,30,33,34)/t20-,21-,25?/m0/s1. The summed E-state index contributed by atoms with van der Waals surface area (Å²) in [5, 5.41) is 13.3. The Balaban J connectivity index is 1.54. The van der Waals surface area contributed by atoms with E-state index in [-0.39, 0.29) is 11.3 Å². The molecule has 0 bridgehead atoms. The Morgan fingerprint density at radius 3 is 2.37 bits per heavy atom. The van der Waals surface area contributed by atoms with Gasteiger partial charge in [0, 0.05) is 22.7 Å². The summed E-state index contributed by atoms with van der Waals surface area (Å²) in [6.45, 7) is 0. The second kappa shape index (κ2) is 13.4. The first kappa shape index (κ1) is 27.6. The lowest BCUT2D eigenvalue weighted by molar-refractivity contribution is -0.123. The molecule has 0 fully saturated rings. The first-order valence-corrected chi connectivity index (χ1v) is 14.8. The van der Waals surface area contributed by atoms with Crippen molar-refractivity contribution in [3.8, 4) is 0 Å². The molecule has 0 saturated carbocycles. The van der Waals surface area contributed by atoms with Crippen LogP contribution >= 0.6 is 23.1 Å². The first-order chi connectivity index (χ1) is 18.4. The van der Waals surface area contributed by atoms with E-state index in [2.05, 4.69) is 26.7 Å². The molecule has 0 radical (unpaired) electrons. The van der Waals surface area contributed by atoms with Gasteiger partial charge in [0.25, 0.3) is 0 Å². The number of benzene rings is 2. The van der Waals surface area contributed by atoms with Gasteiger partial charge in [-0.25, -0.2) is 13.2 Å². The van der Waals surface area contributed by atoms with E-state index in [0.29, 0.717) is 18.5 Å². The number of alkyl carbamates (subject to hydrolysis) is 1. The minimum Gasteiger partial charge on any atom is -0.453 e. The molecule has 0 spiro atoms. The number of rotatable bonds is 11. The van der Waals surface area contributed by atoms with E-state index in [1.807, 2.05) is 59.3 Å². The fourth-order valence-electron chi connectivity index (χ4n) is 3.95. The fraction of sp³-hybridized carbons (Fsp3) is 0.231. The third-order valence-electron chi connectivity index (χ3n) is 5.81. The number of methoxy groups -OCH3 is 1. The number of hydrogen-bond acceptors (Lipinski definition) is 8. The molecule has 38 heavy (non-hydrogen) atoms. The Kier molecular flexibility index (Phi) is 9.68. The van der Waals surface area contributed by atoms with Crippen LogP contribution in [-0.4, -0.2) is 39.6 Å². The van der Waals surface area contributed by atoms with E-state index in [9.17, 15) is 18.0 Å². The molecule has 1 aliphatic heterocycles. The topological polar surface area (TPSA) is 126 Å². The van der Waals surface area contributed by atoms with Gasteiger partial charge in [-0.15, -0.1) is 23.1 Å². The maximum absolute atomic E-state index is 13.5. The number of ether oxygens (including phenoxy) is 1. The van der Waals surface area contributed by atoms with Crippen molar-refractivity contribution in [3.05, 3.63) is 99.2 Å². The van der Waals surface area contributed by atoms with Crippen LogP contribution in [0.25, 0.3) is 0 Å². The van der Waals surface area contributed by atoms with Crippen LogP contribution in [-0.2, 0) is 33.3 Å². The normalized spacial score (nSPS) is 16.2. The van der Waals surface area contributed by atoms with Crippen LogP contribution in [0.15, 0.2) is 83.2 Å². The summed E-state index contributed by atoms with van der Waals surface area (Å²) in [4.78, 5) is 26.7. The number of carbonyl (C=O) groups is 2. The van der Waals surface area contributed by atoms with Crippen LogP contribution in [0.2, 0.25) is 0 Å². The third kappa shape index (κ3) is 7.76. The Labute approximate surface area is 231 Å². The highest BCUT2D eigenvalue weighted by Gasteiger charge is 2.29. The van der Waals surface area contributed by atoms with E-state index in [1.165, 1.54) is 12.0 Å². The summed E-state index contributed by atoms with van der Waals surface area (Å²) in [6.07, 6.45) is 0.0489. The zero-order valence-corrected chi connectivity index (χ0v) is 23.0. The summed E-state index contributed by atoms with van der Waals surface area (Å²) < 4.78 is 29.1. The molecule has 3 atom stereocenters. The van der Waals surface area contributed by atoms with Crippen molar-refractivity contribution in [2.75, 3.05) is 11.8 Å². The van der Waals surface area contributed by atoms with Crippen molar-refractivity contribution >= 4 is 51.7 Å². The lowest BCUT2D eigenvalue weighted by atomic mass is 10.0. The van der Waals surface area contributed by atoms with Gasteiger partial charge >= 0.3 is 6.09 Å². The molecule has 0 aliphatic carbocycles. The van der Waals surface area contributed by atoms with Gasteiger partial charge in [0.15, 0.2) is 0 Å². The fourth-order valence-corrected chi connectivity index (χ4v) is 6.23. The average molecular weight is 573 g/mol. The van der Waals surface area contributed by atoms with Crippen LogP contribution in [0, 0.1) is 0 Å². The van der Waals surface area contributed by atoms with Gasteiger partial charge in [0.05, 0.1) is 13.2 Å². The lowest BCUT2D eigenvalue weighted by Gasteiger charge is -2.25. The summed E-state index contributed by atoms with van der Waals surface area (Å²) >= 11 is 3.28. The van der Waals surface area contributed by atoms with Gasteiger partial charge in [-0.3, -0.25) is 9.52 Å². The predicted molar refractivity (Wildman–Crippen MR) is 151 cm³/mol. The van der Waals surface area contributed by atoms with Crippen molar-refractivity contribution < 1.29 is 22.7 Å². The molecule has 3 aromatic rings. The molecule has 1 aromatic heterocycles. The molecule has 2 aromatic carbocycles. The summed E-state index contributed by atoms with van der Waals surface area (Å²) in [6, 6.07) is 19.2. The molecule has 1 unspecified atom stereocenters. The second-order valence-electron chi connectivity index (χ2n) is 8.46. The smallest absolute Gasteiger partial charge is 0.407 e. The number of hydrogen-bond donors (Lipinski definition) is 5. The summed E-state index contributed by atoms with van der Waals surface area (Å²) in [7, 11) is -1.50. The van der Waals surface area contributed by atoms with Crippen LogP contribution < -0.4 is 20.7 Å². The molecule has 4 N–H and O–H groups in total. The zero-order valence-electron chi connectivity index (χ0n) is 20.5. The van der Waals surface area contributed by atoms with Crippen molar-refractivity contribution in [2.45, 2.75) is 30.3 Å². The molecular formula is C26H28N4O5S3. The molecule has 12 heteroatoms. The molecule has 0 saturated heterocycles. The van der Waals surface area contributed by atoms with Gasteiger partial charge in [-0.05, 0) is 46.5 Å². The van der Waals surface area contributed by atoms with E-state index in [4.69, 9.17) is 4.74 Å². The highest BCUT2D eigenvalue weighted by Crippen LogP contribution is 2.37. The second-order valence-corrected chi connectivity index (χ2v) is 11.2. The first-order valence-electron chi connectivity index (χ1n) is 11.8. The Morgan fingerprint density at radius 1 is 0.974 bits per heavy atom. The molecule has 9 nitrogen and oxygen atoms in total. The quantitative estimate of drug-likeness (QED) is 0.223. The summed E-state index contributed by atoms with van der Waals surface area (Å²) in [5.41, 5.74) is 3.10. The molecule has 2 heterocycles. The highest BCUT2D eigenvalue weighted by atomic mass is 32.2. The van der Waals surface area contributed by atoms with Crippen LogP contribution in [0.3, 0.4) is 0 Å². The molecule has 4 rings (SSSR count). The molecule has 200 valence electrons. The maximum atomic E-state index is 13.5. The number of anilines is 1. The highest BCUT2D eigenvalue weighted by molar-refractivity contribution is 8.02. The predicted octanol–water partition coefficient (Wildman–Crippen LogP) is 3.56. The van der Waals surface area contributed by atoms with E-state index < -0.39 is 29.1 Å². The van der Waals surface area contributed by atoms with Gasteiger partial charge < -0.3 is 20.7 Å². The van der Waals surface area contributed by atoms with Crippen LogP contribution in [0.5, 0.6) is 0 Å². The van der Waals surface area contributed by atoms with Crippen molar-refractivity contribution in [3.63, 3.8) is 0 Å². The van der Waals surface area contributed by atoms with E-state index >= 15 is 0 Å². The number of amides is 2. The van der Waals surface area contributed by atoms with Crippen molar-refractivity contribution in [1.29, 1.82) is 0 Å². The van der Waals surface area contributed by atoms with Gasteiger partial charge in [-0.2, -0.15) is 0 Å². The largest absolute Gasteiger partial charge is 0.453 e. The van der Waals surface area contributed by atoms with Crippen molar-refractivity contribution in [2.24, 2.45) is 0 Å². The molecular weight excluding hydrogens is 545 g/mol. The monoisotopic (exact) mass is 572 g/mol. The number of carbonyl (C=O) groups excluding carboxylic acids is 2. The zero-order chi connectivity index (χ0) is 26.9. The summed E-state index contributed by atoms with van der Waals surface area (Å²) in [5.74, 6) is -0.349. The van der Waals surface area contributed by atoms with E-state index in [1.54, 1.807) is 35.2 Å². The van der Waals surface area contributed by atoms with Gasteiger partial charge in [0.2, 0.25) is 16.8 Å². The Morgan fingerprint density at radius 2 is 1.71 bits per heavy atom. The third-order valence-corrected chi connectivity index (χ3v) is 8.37. The van der Waals surface area contributed by atoms with Crippen molar-refractivity contribution in [1.82, 2.24) is 16.0 Å². The lowest BCUT2D eigenvalue weighted by Crippen LogP contribution is -2.52. The number of nitrogens with one attached hydrogen (secondary N) is 4. The van der Waals surface area contributed by atoms with E-state index in [0.717, 1.165) is 16.8 Å². The van der Waals surface area contributed by atoms with Gasteiger partial charge in [0.1, 0.15) is 11.4 Å². The average Bonchev–Trinajstić information content (AvgIpc) is 3.62. The minimum absolute atomic E-state index is 0.0395. The van der Waals surface area contributed by atoms with Crippen LogP contribution in [0.4, 0.5) is 10.5 Å². The van der Waals surface area contributed by atoms with Gasteiger partial charge in [-0.1, -0.05) is 48.5 Å². The number of thiophene rings is 1. The SMILES string of the molecule is COC(=O)N[C@@H](Cc1ccccc1)C(=O)N[C@@H](Cc1ccc(N[SH](=O)=O)cc1)C1=CSC(c2cccs2)N1. The number of thiol groups is 1. The Bertz CT molecular complexity index is 1320. The van der Waals surface area contributed by atoms with Crippen LogP contribution in [0.1, 0.15) is 21.4 Å². The number of thioether (sulfide) groups is 1. The Hall–Kier alpha value is -3.48. The molecule has 2 amide bonds. The maximum Gasteiger partial charge on any atom is 0.407 e. The minimum atomic E-state index is -2.76. The molecule has 1 aliphatic rings.